The molecule has 0 saturated carbocycles. The number of hydrogen-bond acceptors (Lipinski definition) is 2. The van der Waals surface area contributed by atoms with Gasteiger partial charge in [-0.25, -0.2) is 4.39 Å². The molecule has 1 N–H and O–H groups in total. The summed E-state index contributed by atoms with van der Waals surface area (Å²) in [7, 11) is 0. The first-order valence-electron chi connectivity index (χ1n) is 6.43. The molecular formula is C16H18FNO. The molecule has 0 spiro atoms. The van der Waals surface area contributed by atoms with Crippen LogP contribution in [0.4, 0.5) is 4.39 Å². The summed E-state index contributed by atoms with van der Waals surface area (Å²) in [6, 6.07) is 10.3. The minimum atomic E-state index is -0.267. The largest absolute Gasteiger partial charge is 0.457 e. The molecule has 0 aliphatic heterocycles. The zero-order valence-corrected chi connectivity index (χ0v) is 11.2. The van der Waals surface area contributed by atoms with E-state index in [9.17, 15) is 4.39 Å². The average molecular weight is 259 g/mol. The van der Waals surface area contributed by atoms with Gasteiger partial charge in [0, 0.05) is 6.54 Å². The number of benzene rings is 1. The molecule has 0 aliphatic rings. The lowest BCUT2D eigenvalue weighted by Gasteiger charge is -2.01. The minimum absolute atomic E-state index is 0.267. The van der Waals surface area contributed by atoms with Gasteiger partial charge in [-0.1, -0.05) is 24.6 Å². The first-order chi connectivity index (χ1) is 9.20. The molecule has 1 heterocycles. The second-order valence-corrected chi connectivity index (χ2v) is 4.45. The van der Waals surface area contributed by atoms with Crippen LogP contribution in [-0.4, -0.2) is 13.1 Å². The Morgan fingerprint density at radius 1 is 1.26 bits per heavy atom. The monoisotopic (exact) mass is 259 g/mol. The Kier molecular flexibility index (Phi) is 4.53. The fourth-order valence-electron chi connectivity index (χ4n) is 1.85. The van der Waals surface area contributed by atoms with Crippen LogP contribution < -0.4 is 5.32 Å². The molecule has 1 aromatic heterocycles. The molecule has 2 nitrogen and oxygen atoms in total. The molecule has 0 bridgehead atoms. The third-order valence-corrected chi connectivity index (χ3v) is 2.81. The summed E-state index contributed by atoms with van der Waals surface area (Å²) in [6.45, 7) is 5.86. The summed E-state index contributed by atoms with van der Waals surface area (Å²) in [5.41, 5.74) is 1.67. The van der Waals surface area contributed by atoms with Crippen LogP contribution in [-0.2, 0) is 0 Å². The Morgan fingerprint density at radius 3 is 2.79 bits per heavy atom. The zero-order chi connectivity index (χ0) is 13.7. The van der Waals surface area contributed by atoms with Crippen molar-refractivity contribution in [2.45, 2.75) is 13.8 Å². The van der Waals surface area contributed by atoms with Gasteiger partial charge in [0.15, 0.2) is 0 Å². The molecule has 0 radical (unpaired) electrons. The summed E-state index contributed by atoms with van der Waals surface area (Å²) in [6.07, 6.45) is 1.97. The van der Waals surface area contributed by atoms with Gasteiger partial charge < -0.3 is 9.73 Å². The molecule has 0 unspecified atom stereocenters. The van der Waals surface area contributed by atoms with Gasteiger partial charge in [-0.2, -0.15) is 0 Å². The van der Waals surface area contributed by atoms with E-state index in [0.29, 0.717) is 11.3 Å². The maximum atomic E-state index is 13.6. The van der Waals surface area contributed by atoms with Gasteiger partial charge in [0.2, 0.25) is 0 Å². The third-order valence-electron chi connectivity index (χ3n) is 2.81. The van der Waals surface area contributed by atoms with Crippen LogP contribution in [0.25, 0.3) is 17.4 Å². The smallest absolute Gasteiger partial charge is 0.137 e. The van der Waals surface area contributed by atoms with Crippen molar-refractivity contribution in [3.05, 3.63) is 53.5 Å². The summed E-state index contributed by atoms with van der Waals surface area (Å²) < 4.78 is 19.3. The van der Waals surface area contributed by atoms with Crippen molar-refractivity contribution in [1.82, 2.24) is 5.32 Å². The van der Waals surface area contributed by atoms with Crippen LogP contribution in [0.5, 0.6) is 0 Å². The number of nitrogens with one attached hydrogen (secondary N) is 1. The molecule has 100 valence electrons. The molecule has 0 atom stereocenters. The van der Waals surface area contributed by atoms with Crippen molar-refractivity contribution in [3.63, 3.8) is 0 Å². The number of rotatable bonds is 5. The summed E-state index contributed by atoms with van der Waals surface area (Å²) in [4.78, 5) is 0. The molecule has 3 heteroatoms. The second kappa shape index (κ2) is 6.34. The fourth-order valence-corrected chi connectivity index (χ4v) is 1.85. The Bertz CT molecular complexity index is 572. The first-order valence-corrected chi connectivity index (χ1v) is 6.43. The van der Waals surface area contributed by atoms with Gasteiger partial charge in [-0.3, -0.25) is 0 Å². The Balaban J connectivity index is 2.18. The van der Waals surface area contributed by atoms with Gasteiger partial charge in [-0.15, -0.1) is 0 Å². The van der Waals surface area contributed by atoms with Crippen LogP contribution in [0.15, 0.2) is 46.4 Å². The van der Waals surface area contributed by atoms with E-state index >= 15 is 0 Å². The highest BCUT2D eigenvalue weighted by Crippen LogP contribution is 2.25. The van der Waals surface area contributed by atoms with E-state index in [0.717, 1.165) is 18.8 Å². The highest BCUT2D eigenvalue weighted by atomic mass is 19.1. The maximum Gasteiger partial charge on any atom is 0.137 e. The summed E-state index contributed by atoms with van der Waals surface area (Å²) in [5, 5.41) is 3.25. The molecular weight excluding hydrogens is 241 g/mol. The lowest BCUT2D eigenvalue weighted by atomic mass is 10.1. The molecule has 0 aliphatic carbocycles. The van der Waals surface area contributed by atoms with Crippen LogP contribution in [0.1, 0.15) is 19.6 Å². The SMILES string of the molecule is CCNCC(C)=Cc1ccc(-c2ccccc2F)o1. The molecule has 2 aromatic rings. The topological polar surface area (TPSA) is 25.2 Å². The number of halogens is 1. The quantitative estimate of drug-likeness (QED) is 0.874. The standard InChI is InChI=1S/C16H18FNO/c1-3-18-11-12(2)10-13-8-9-16(19-13)14-6-4-5-7-15(14)17/h4-10,18H,3,11H2,1-2H3. The Hall–Kier alpha value is -1.87. The van der Waals surface area contributed by atoms with Crippen molar-refractivity contribution in [3.8, 4) is 11.3 Å². The van der Waals surface area contributed by atoms with Crippen LogP contribution in [0.3, 0.4) is 0 Å². The lowest BCUT2D eigenvalue weighted by molar-refractivity contribution is 0.560. The minimum Gasteiger partial charge on any atom is -0.457 e. The number of hydrogen-bond donors (Lipinski definition) is 1. The van der Waals surface area contributed by atoms with Crippen molar-refractivity contribution in [1.29, 1.82) is 0 Å². The normalized spacial score (nSPS) is 11.8. The van der Waals surface area contributed by atoms with Crippen molar-refractivity contribution in [2.24, 2.45) is 0 Å². The Labute approximate surface area is 112 Å². The maximum absolute atomic E-state index is 13.6. The van der Waals surface area contributed by atoms with E-state index in [1.165, 1.54) is 11.6 Å². The molecule has 19 heavy (non-hydrogen) atoms. The van der Waals surface area contributed by atoms with Crippen molar-refractivity contribution < 1.29 is 8.81 Å². The highest BCUT2D eigenvalue weighted by molar-refractivity contribution is 5.61. The van der Waals surface area contributed by atoms with Crippen LogP contribution in [0, 0.1) is 5.82 Å². The van der Waals surface area contributed by atoms with Gasteiger partial charge in [0.25, 0.3) is 0 Å². The molecule has 0 fully saturated rings. The lowest BCUT2D eigenvalue weighted by Crippen LogP contribution is -2.14. The predicted molar refractivity (Wildman–Crippen MR) is 76.3 cm³/mol. The van der Waals surface area contributed by atoms with Crippen LogP contribution >= 0.6 is 0 Å². The molecule has 1 aromatic carbocycles. The first kappa shape index (κ1) is 13.6. The summed E-state index contributed by atoms with van der Waals surface area (Å²) in [5.74, 6) is 1.03. The van der Waals surface area contributed by atoms with Crippen molar-refractivity contribution in [2.75, 3.05) is 13.1 Å². The van der Waals surface area contributed by atoms with Crippen LogP contribution in [0.2, 0.25) is 0 Å². The van der Waals surface area contributed by atoms with Gasteiger partial charge in [0.05, 0.1) is 5.56 Å². The van der Waals surface area contributed by atoms with E-state index in [1.54, 1.807) is 24.3 Å². The molecule has 0 amide bonds. The molecule has 2 rings (SSSR count). The number of furan rings is 1. The number of likely N-dealkylation sites (N-methyl/N-ethyl adjacent to an activating group) is 1. The zero-order valence-electron chi connectivity index (χ0n) is 11.2. The van der Waals surface area contributed by atoms with E-state index in [4.69, 9.17) is 4.42 Å². The highest BCUT2D eigenvalue weighted by Gasteiger charge is 2.08. The van der Waals surface area contributed by atoms with E-state index < -0.39 is 0 Å². The summed E-state index contributed by atoms with van der Waals surface area (Å²) >= 11 is 0. The van der Waals surface area contributed by atoms with Gasteiger partial charge in [0.1, 0.15) is 17.3 Å². The van der Waals surface area contributed by atoms with E-state index in [1.807, 2.05) is 19.1 Å². The predicted octanol–water partition coefficient (Wildman–Crippen LogP) is 4.10. The van der Waals surface area contributed by atoms with E-state index in [2.05, 4.69) is 12.2 Å². The second-order valence-electron chi connectivity index (χ2n) is 4.45. The van der Waals surface area contributed by atoms with Gasteiger partial charge >= 0.3 is 0 Å². The fraction of sp³-hybridized carbons (Fsp3) is 0.250. The average Bonchev–Trinajstić information content (AvgIpc) is 2.85. The van der Waals surface area contributed by atoms with Crippen molar-refractivity contribution >= 4 is 6.08 Å². The third kappa shape index (κ3) is 3.55. The van der Waals surface area contributed by atoms with E-state index in [-0.39, 0.29) is 5.82 Å². The Morgan fingerprint density at radius 2 is 2.05 bits per heavy atom. The van der Waals surface area contributed by atoms with Gasteiger partial charge in [-0.05, 0) is 43.8 Å². The molecule has 0 saturated heterocycles.